The minimum absolute atomic E-state index is 0.745. The fraction of sp³-hybridized carbons (Fsp3) is 0.462. The lowest BCUT2D eigenvalue weighted by Gasteiger charge is -2.28. The number of hydrogen-bond acceptors (Lipinski definition) is 2. The van der Waals surface area contributed by atoms with Crippen molar-refractivity contribution < 1.29 is 4.74 Å². The van der Waals surface area contributed by atoms with Crippen LogP contribution in [0.25, 0.3) is 16.8 Å². The van der Waals surface area contributed by atoms with Crippen molar-refractivity contribution in [3.63, 3.8) is 0 Å². The third-order valence-electron chi connectivity index (χ3n) is 6.39. The first kappa shape index (κ1) is 19.1. The molecule has 0 radical (unpaired) electrons. The van der Waals surface area contributed by atoms with Crippen molar-refractivity contribution in [2.45, 2.75) is 70.6 Å². The lowest BCUT2D eigenvalue weighted by Crippen LogP contribution is -2.12. The van der Waals surface area contributed by atoms with Crippen LogP contribution in [0.4, 0.5) is 5.69 Å². The molecule has 0 saturated carbocycles. The number of nitrogens with two attached hydrogens (primary N) is 1. The first-order valence-corrected chi connectivity index (χ1v) is 11.1. The number of aryl methyl sites for hydroxylation is 2. The number of allylic oxidation sites excluding steroid dienone is 1. The summed E-state index contributed by atoms with van der Waals surface area (Å²) in [6, 6.07) is 7.01. The molecule has 2 aromatic rings. The Labute approximate surface area is 169 Å². The van der Waals surface area contributed by atoms with E-state index in [1.807, 2.05) is 6.08 Å². The summed E-state index contributed by atoms with van der Waals surface area (Å²) in [5, 5.41) is 2.74. The molecule has 2 heteroatoms. The normalized spacial score (nSPS) is 19.5. The topological polar surface area (TPSA) is 35.2 Å². The van der Waals surface area contributed by atoms with E-state index in [9.17, 15) is 0 Å². The van der Waals surface area contributed by atoms with Crippen LogP contribution < -0.4 is 5.73 Å². The fourth-order valence-corrected chi connectivity index (χ4v) is 5.00. The van der Waals surface area contributed by atoms with E-state index in [4.69, 9.17) is 10.5 Å². The predicted molar refractivity (Wildman–Crippen MR) is 121 cm³/mol. The van der Waals surface area contributed by atoms with Gasteiger partial charge in [-0.25, -0.2) is 0 Å². The maximum atomic E-state index is 6.53. The maximum Gasteiger partial charge on any atom is 0.0908 e. The van der Waals surface area contributed by atoms with Crippen LogP contribution in [-0.2, 0) is 17.6 Å². The molecule has 1 atom stereocenters. The molecule has 28 heavy (non-hydrogen) atoms. The van der Waals surface area contributed by atoms with Gasteiger partial charge in [0.05, 0.1) is 12.9 Å². The first-order chi connectivity index (χ1) is 13.8. The van der Waals surface area contributed by atoms with E-state index in [2.05, 4.69) is 37.3 Å². The summed E-state index contributed by atoms with van der Waals surface area (Å²) in [4.78, 5) is 0. The van der Waals surface area contributed by atoms with Crippen molar-refractivity contribution in [2.24, 2.45) is 0 Å². The molecule has 1 heterocycles. The van der Waals surface area contributed by atoms with Crippen molar-refractivity contribution in [3.05, 3.63) is 58.9 Å². The van der Waals surface area contributed by atoms with E-state index in [0.29, 0.717) is 0 Å². The van der Waals surface area contributed by atoms with Crippen LogP contribution in [0.2, 0.25) is 0 Å². The Kier molecular flexibility index (Phi) is 6.04. The van der Waals surface area contributed by atoms with Crippen molar-refractivity contribution in [1.82, 2.24) is 0 Å². The molecule has 148 valence electrons. The van der Waals surface area contributed by atoms with E-state index >= 15 is 0 Å². The van der Waals surface area contributed by atoms with Gasteiger partial charge < -0.3 is 10.5 Å². The van der Waals surface area contributed by atoms with Crippen LogP contribution in [0.3, 0.4) is 0 Å². The molecule has 0 aromatic heterocycles. The lowest BCUT2D eigenvalue weighted by atomic mass is 9.77. The SMILES string of the molecule is C1=COCC1.CCCCC1CCCc2c1ccc1c3c(cc(N)c21)CCC=C3. The highest BCUT2D eigenvalue weighted by atomic mass is 16.5. The fourth-order valence-electron chi connectivity index (χ4n) is 5.00. The van der Waals surface area contributed by atoms with Crippen LogP contribution in [-0.4, -0.2) is 6.61 Å². The Balaban J connectivity index is 0.000000336. The summed E-state index contributed by atoms with van der Waals surface area (Å²) >= 11 is 0. The highest BCUT2D eigenvalue weighted by molar-refractivity contribution is 6.02. The van der Waals surface area contributed by atoms with Crippen molar-refractivity contribution in [3.8, 4) is 0 Å². The number of anilines is 1. The smallest absolute Gasteiger partial charge is 0.0908 e. The molecule has 0 saturated heterocycles. The molecule has 0 fully saturated rings. The molecule has 0 amide bonds. The summed E-state index contributed by atoms with van der Waals surface area (Å²) in [5.41, 5.74) is 13.5. The Bertz CT molecular complexity index is 887. The molecule has 2 aromatic carbocycles. The van der Waals surface area contributed by atoms with Gasteiger partial charge >= 0.3 is 0 Å². The van der Waals surface area contributed by atoms with Crippen LogP contribution in [0.15, 0.2) is 36.6 Å². The monoisotopic (exact) mass is 375 g/mol. The number of benzene rings is 2. The summed E-state index contributed by atoms with van der Waals surface area (Å²) in [5.74, 6) is 0.745. The van der Waals surface area contributed by atoms with Gasteiger partial charge in [0.1, 0.15) is 0 Å². The molecular formula is C26H33NO. The molecule has 5 rings (SSSR count). The largest absolute Gasteiger partial charge is 0.501 e. The van der Waals surface area contributed by atoms with Crippen LogP contribution in [0.1, 0.15) is 80.0 Å². The standard InChI is InChI=1S/C22H27N.C4H6O/c1-2-3-7-15-9-6-11-19-18(15)12-13-20-17-10-5-4-8-16(17)14-21(23)22(19)20;1-2-4-5-3-1/h5,10,12-15H,2-4,6-9,11,23H2,1H3;1,3H,2,4H2. The molecule has 2 aliphatic carbocycles. The van der Waals surface area contributed by atoms with Crippen LogP contribution in [0.5, 0.6) is 0 Å². The Morgan fingerprint density at radius 3 is 2.82 bits per heavy atom. The summed E-state index contributed by atoms with van der Waals surface area (Å²) in [7, 11) is 0. The molecular weight excluding hydrogens is 342 g/mol. The molecule has 0 spiro atoms. The summed E-state index contributed by atoms with van der Waals surface area (Å²) in [6.07, 6.45) is 19.6. The highest BCUT2D eigenvalue weighted by Crippen LogP contribution is 2.42. The van der Waals surface area contributed by atoms with Gasteiger partial charge in [0.2, 0.25) is 0 Å². The molecule has 1 unspecified atom stereocenters. The number of nitrogen functional groups attached to an aromatic ring is 1. The van der Waals surface area contributed by atoms with E-state index in [1.54, 1.807) is 17.4 Å². The van der Waals surface area contributed by atoms with Crippen molar-refractivity contribution in [2.75, 3.05) is 12.3 Å². The Morgan fingerprint density at radius 1 is 1.14 bits per heavy atom. The van der Waals surface area contributed by atoms with E-state index in [-0.39, 0.29) is 0 Å². The minimum atomic E-state index is 0.745. The van der Waals surface area contributed by atoms with Gasteiger partial charge in [-0.3, -0.25) is 0 Å². The van der Waals surface area contributed by atoms with Gasteiger partial charge in [0.15, 0.2) is 0 Å². The van der Waals surface area contributed by atoms with Gasteiger partial charge in [0, 0.05) is 17.5 Å². The van der Waals surface area contributed by atoms with Gasteiger partial charge in [0.25, 0.3) is 0 Å². The highest BCUT2D eigenvalue weighted by Gasteiger charge is 2.23. The van der Waals surface area contributed by atoms with E-state index in [0.717, 1.165) is 37.5 Å². The predicted octanol–water partition coefficient (Wildman–Crippen LogP) is 6.91. The number of fused-ring (bicyclic) bond motifs is 5. The molecule has 3 aliphatic rings. The Morgan fingerprint density at radius 2 is 2.07 bits per heavy atom. The van der Waals surface area contributed by atoms with Gasteiger partial charge in [-0.2, -0.15) is 0 Å². The average molecular weight is 376 g/mol. The molecule has 2 nitrogen and oxygen atoms in total. The molecule has 2 N–H and O–H groups in total. The number of ether oxygens (including phenoxy) is 1. The zero-order chi connectivity index (χ0) is 19.3. The third-order valence-corrected chi connectivity index (χ3v) is 6.39. The summed E-state index contributed by atoms with van der Waals surface area (Å²) < 4.78 is 4.76. The Hall–Kier alpha value is -2.22. The average Bonchev–Trinajstić information content (AvgIpc) is 3.32. The second-order valence-corrected chi connectivity index (χ2v) is 8.30. The van der Waals surface area contributed by atoms with Gasteiger partial charge in [-0.05, 0) is 84.2 Å². The summed E-state index contributed by atoms with van der Waals surface area (Å²) in [6.45, 7) is 3.18. The quantitative estimate of drug-likeness (QED) is 0.591. The van der Waals surface area contributed by atoms with Crippen LogP contribution >= 0.6 is 0 Å². The van der Waals surface area contributed by atoms with E-state index in [1.165, 1.54) is 60.4 Å². The van der Waals surface area contributed by atoms with Gasteiger partial charge in [-0.15, -0.1) is 0 Å². The zero-order valence-corrected chi connectivity index (χ0v) is 17.2. The van der Waals surface area contributed by atoms with Gasteiger partial charge in [-0.1, -0.05) is 44.1 Å². The zero-order valence-electron chi connectivity index (χ0n) is 17.2. The number of unbranched alkanes of at least 4 members (excludes halogenated alkanes) is 1. The number of rotatable bonds is 3. The lowest BCUT2D eigenvalue weighted by molar-refractivity contribution is 0.281. The third kappa shape index (κ3) is 3.83. The maximum absolute atomic E-state index is 6.53. The molecule has 1 aliphatic heterocycles. The number of hydrogen-bond donors (Lipinski definition) is 1. The van der Waals surface area contributed by atoms with Crippen LogP contribution in [0, 0.1) is 0 Å². The van der Waals surface area contributed by atoms with E-state index < -0.39 is 0 Å². The van der Waals surface area contributed by atoms with Crippen molar-refractivity contribution in [1.29, 1.82) is 0 Å². The first-order valence-electron chi connectivity index (χ1n) is 11.1. The second kappa shape index (κ2) is 8.86. The molecule has 0 bridgehead atoms. The minimum Gasteiger partial charge on any atom is -0.501 e. The second-order valence-electron chi connectivity index (χ2n) is 8.30. The van der Waals surface area contributed by atoms with Crippen molar-refractivity contribution >= 4 is 22.5 Å².